The topological polar surface area (TPSA) is 106 Å². The highest BCUT2D eigenvalue weighted by Crippen LogP contribution is 2.38. The van der Waals surface area contributed by atoms with Gasteiger partial charge in [-0.2, -0.15) is 5.26 Å². The molecule has 0 saturated carbocycles. The van der Waals surface area contributed by atoms with Crippen LogP contribution in [0.4, 0.5) is 5.69 Å². The van der Waals surface area contributed by atoms with Gasteiger partial charge in [-0.25, -0.2) is 0 Å². The van der Waals surface area contributed by atoms with Crippen molar-refractivity contribution in [1.29, 1.82) is 5.26 Å². The maximum atomic E-state index is 11.7. The van der Waals surface area contributed by atoms with Crippen molar-refractivity contribution in [3.8, 4) is 22.9 Å². The number of aromatic amines is 1. The van der Waals surface area contributed by atoms with Gasteiger partial charge in [-0.1, -0.05) is 12.1 Å². The van der Waals surface area contributed by atoms with Gasteiger partial charge in [-0.3, -0.25) is 9.59 Å². The Morgan fingerprint density at radius 3 is 2.65 bits per heavy atom. The number of aromatic hydroxyl groups is 1. The van der Waals surface area contributed by atoms with Gasteiger partial charge in [0.15, 0.2) is 5.56 Å². The normalized spacial score (nSPS) is 10.4. The van der Waals surface area contributed by atoms with Crippen molar-refractivity contribution in [2.75, 3.05) is 5.32 Å². The van der Waals surface area contributed by atoms with E-state index in [1.165, 1.54) is 18.3 Å². The second-order valence-electron chi connectivity index (χ2n) is 4.90. The van der Waals surface area contributed by atoms with Gasteiger partial charge in [0.25, 0.3) is 5.56 Å². The zero-order chi connectivity index (χ0) is 16.6. The third kappa shape index (κ3) is 2.56. The summed E-state index contributed by atoms with van der Waals surface area (Å²) in [6.45, 7) is 1.43. The van der Waals surface area contributed by atoms with Crippen LogP contribution in [0.2, 0.25) is 0 Å². The Bertz CT molecular complexity index is 1010. The molecule has 0 radical (unpaired) electrons. The summed E-state index contributed by atoms with van der Waals surface area (Å²) in [5.41, 5.74) is 1.27. The number of carbonyl (C=O) groups is 1. The number of nitriles is 1. The van der Waals surface area contributed by atoms with Crippen LogP contribution in [0.1, 0.15) is 12.5 Å². The number of anilines is 1. The van der Waals surface area contributed by atoms with Crippen molar-refractivity contribution in [3.05, 3.63) is 45.6 Å². The van der Waals surface area contributed by atoms with Crippen LogP contribution in [0, 0.1) is 11.3 Å². The van der Waals surface area contributed by atoms with E-state index >= 15 is 0 Å². The third-order valence-corrected chi connectivity index (χ3v) is 4.24. The predicted octanol–water partition coefficient (Wildman–Crippen LogP) is 2.79. The lowest BCUT2D eigenvalue weighted by atomic mass is 10.0. The van der Waals surface area contributed by atoms with E-state index in [9.17, 15) is 14.7 Å². The number of hydrogen-bond donors (Lipinski definition) is 3. The van der Waals surface area contributed by atoms with Gasteiger partial charge in [0.2, 0.25) is 5.91 Å². The van der Waals surface area contributed by atoms with Crippen molar-refractivity contribution in [2.45, 2.75) is 6.92 Å². The molecule has 2 aromatic heterocycles. The molecule has 7 heteroatoms. The summed E-state index contributed by atoms with van der Waals surface area (Å²) >= 11 is 1.28. The monoisotopic (exact) mass is 325 g/mol. The number of nitrogens with zero attached hydrogens (tertiary/aromatic N) is 1. The number of carbonyl (C=O) groups excluding carboxylic acids is 1. The Morgan fingerprint density at radius 1 is 1.35 bits per heavy atom. The third-order valence-electron chi connectivity index (χ3n) is 3.35. The van der Waals surface area contributed by atoms with E-state index in [0.717, 1.165) is 5.56 Å². The lowest BCUT2D eigenvalue weighted by molar-refractivity contribution is -0.114. The Balaban J connectivity index is 2.16. The minimum Gasteiger partial charge on any atom is -0.506 e. The van der Waals surface area contributed by atoms with Gasteiger partial charge in [0, 0.05) is 23.6 Å². The van der Waals surface area contributed by atoms with Crippen LogP contribution in [0.3, 0.4) is 0 Å². The second-order valence-corrected chi connectivity index (χ2v) is 5.78. The number of aromatic nitrogens is 1. The number of benzene rings is 1. The van der Waals surface area contributed by atoms with E-state index < -0.39 is 5.56 Å². The molecule has 3 N–H and O–H groups in total. The Hall–Kier alpha value is -3.11. The van der Waals surface area contributed by atoms with E-state index in [-0.39, 0.29) is 17.2 Å². The van der Waals surface area contributed by atoms with Crippen LogP contribution >= 0.6 is 11.3 Å². The molecule has 0 bridgehead atoms. The van der Waals surface area contributed by atoms with E-state index in [4.69, 9.17) is 5.26 Å². The average Bonchev–Trinajstić information content (AvgIpc) is 2.91. The molecule has 0 atom stereocenters. The Labute approximate surface area is 134 Å². The van der Waals surface area contributed by atoms with Crippen LogP contribution < -0.4 is 10.9 Å². The summed E-state index contributed by atoms with van der Waals surface area (Å²) in [4.78, 5) is 25.9. The molecule has 0 aliphatic heterocycles. The zero-order valence-electron chi connectivity index (χ0n) is 12.0. The number of hydrogen-bond acceptors (Lipinski definition) is 5. The number of thiophene rings is 1. The minimum atomic E-state index is -0.605. The molecule has 3 rings (SSSR count). The molecule has 1 amide bonds. The molecule has 23 heavy (non-hydrogen) atoms. The molecule has 0 fully saturated rings. The fraction of sp³-hybridized carbons (Fsp3) is 0.0625. The van der Waals surface area contributed by atoms with Crippen molar-refractivity contribution in [2.24, 2.45) is 0 Å². The number of H-pyrrole nitrogens is 1. The molecule has 0 unspecified atom stereocenters. The summed E-state index contributed by atoms with van der Waals surface area (Å²) in [6, 6.07) is 8.80. The average molecular weight is 325 g/mol. The lowest BCUT2D eigenvalue weighted by Crippen LogP contribution is -2.09. The summed E-state index contributed by atoms with van der Waals surface area (Å²) in [5, 5.41) is 24.2. The van der Waals surface area contributed by atoms with Crippen molar-refractivity contribution in [1.82, 2.24) is 4.98 Å². The standard InChI is InChI=1S/C16H11N3O3S/c1-8(20)18-10-4-2-9(3-5-10)12-7-23-16-13(12)14(21)11(6-17)15(22)19-16/h2-5,7H,1H3,(H,18,20)(H2,19,21,22). The fourth-order valence-corrected chi connectivity index (χ4v) is 3.30. The van der Waals surface area contributed by atoms with Crippen molar-refractivity contribution >= 4 is 33.1 Å². The first-order chi connectivity index (χ1) is 11.0. The molecule has 6 nitrogen and oxygen atoms in total. The van der Waals surface area contributed by atoms with Gasteiger partial charge < -0.3 is 15.4 Å². The number of nitrogens with one attached hydrogen (secondary N) is 2. The molecule has 2 heterocycles. The highest BCUT2D eigenvalue weighted by Gasteiger charge is 2.17. The second kappa shape index (κ2) is 5.59. The van der Waals surface area contributed by atoms with Gasteiger partial charge in [0.05, 0.1) is 5.39 Å². The molecule has 0 aliphatic rings. The lowest BCUT2D eigenvalue weighted by Gasteiger charge is -2.05. The van der Waals surface area contributed by atoms with Crippen molar-refractivity contribution in [3.63, 3.8) is 0 Å². The largest absolute Gasteiger partial charge is 0.506 e. The zero-order valence-corrected chi connectivity index (χ0v) is 12.8. The van der Waals surface area contributed by atoms with Crippen LogP contribution in [0.5, 0.6) is 5.75 Å². The number of pyridine rings is 1. The van der Waals surface area contributed by atoms with Crippen LogP contribution in [-0.4, -0.2) is 16.0 Å². The quantitative estimate of drug-likeness (QED) is 0.673. The molecule has 3 aromatic rings. The number of fused-ring (bicyclic) bond motifs is 1. The van der Waals surface area contributed by atoms with Crippen molar-refractivity contribution < 1.29 is 9.90 Å². The maximum absolute atomic E-state index is 11.7. The number of amides is 1. The molecular weight excluding hydrogens is 314 g/mol. The maximum Gasteiger partial charge on any atom is 0.270 e. The smallest absolute Gasteiger partial charge is 0.270 e. The van der Waals surface area contributed by atoms with Crippen LogP contribution in [0.15, 0.2) is 34.4 Å². The van der Waals surface area contributed by atoms with Gasteiger partial charge in [-0.15, -0.1) is 11.3 Å². The van der Waals surface area contributed by atoms with E-state index in [2.05, 4.69) is 10.3 Å². The van der Waals surface area contributed by atoms with E-state index in [1.54, 1.807) is 35.7 Å². The highest BCUT2D eigenvalue weighted by molar-refractivity contribution is 7.17. The molecule has 0 aliphatic carbocycles. The van der Waals surface area contributed by atoms with E-state index in [0.29, 0.717) is 21.5 Å². The predicted molar refractivity (Wildman–Crippen MR) is 88.6 cm³/mol. The molecular formula is C16H11N3O3S. The summed E-state index contributed by atoms with van der Waals surface area (Å²) in [5.74, 6) is -0.471. The minimum absolute atomic E-state index is 0.160. The fourth-order valence-electron chi connectivity index (χ4n) is 2.34. The van der Waals surface area contributed by atoms with Gasteiger partial charge in [0.1, 0.15) is 16.6 Å². The van der Waals surface area contributed by atoms with Gasteiger partial charge in [-0.05, 0) is 17.7 Å². The number of rotatable bonds is 2. The van der Waals surface area contributed by atoms with Gasteiger partial charge >= 0.3 is 0 Å². The Morgan fingerprint density at radius 2 is 2.04 bits per heavy atom. The SMILES string of the molecule is CC(=O)Nc1ccc(-c2csc3[nH]c(=O)c(C#N)c(O)c23)cc1. The first kappa shape index (κ1) is 14.8. The highest BCUT2D eigenvalue weighted by atomic mass is 32.1. The molecule has 0 saturated heterocycles. The van der Waals surface area contributed by atoms with Crippen LogP contribution in [-0.2, 0) is 4.79 Å². The first-order valence-corrected chi connectivity index (χ1v) is 7.53. The molecule has 1 aromatic carbocycles. The Kier molecular flexibility index (Phi) is 3.60. The first-order valence-electron chi connectivity index (χ1n) is 6.66. The molecule has 0 spiro atoms. The summed E-state index contributed by atoms with van der Waals surface area (Å²) in [7, 11) is 0. The summed E-state index contributed by atoms with van der Waals surface area (Å²) in [6.07, 6.45) is 0. The molecule has 114 valence electrons. The van der Waals surface area contributed by atoms with E-state index in [1.807, 2.05) is 0 Å². The summed E-state index contributed by atoms with van der Waals surface area (Å²) < 4.78 is 0. The van der Waals surface area contributed by atoms with Crippen LogP contribution in [0.25, 0.3) is 21.3 Å².